The summed E-state index contributed by atoms with van der Waals surface area (Å²) in [6.07, 6.45) is 1.44. The molecule has 2 heterocycles. The van der Waals surface area contributed by atoms with Gasteiger partial charge in [-0.05, 0) is 40.6 Å². The number of para-hydroxylation sites is 1. The summed E-state index contributed by atoms with van der Waals surface area (Å²) in [5, 5.41) is 19.5. The van der Waals surface area contributed by atoms with Crippen LogP contribution in [0.1, 0.15) is 21.7 Å². The molecule has 0 aliphatic carbocycles. The first-order chi connectivity index (χ1) is 17.0. The van der Waals surface area contributed by atoms with Crippen molar-refractivity contribution in [2.75, 3.05) is 31.9 Å². The van der Waals surface area contributed by atoms with Crippen molar-refractivity contribution in [2.24, 2.45) is 5.10 Å². The molecule has 4 aromatic rings. The molecule has 35 heavy (non-hydrogen) atoms. The third-order valence-corrected chi connectivity index (χ3v) is 5.06. The van der Waals surface area contributed by atoms with E-state index in [0.29, 0.717) is 22.8 Å². The molecule has 0 bridgehead atoms. The van der Waals surface area contributed by atoms with Crippen LogP contribution in [0, 0.1) is 0 Å². The maximum absolute atomic E-state index is 13.0. The Balaban J connectivity index is 1.61. The van der Waals surface area contributed by atoms with Gasteiger partial charge in [0.2, 0.25) is 11.6 Å². The van der Waals surface area contributed by atoms with E-state index in [2.05, 4.69) is 31.2 Å². The molecule has 2 aromatic carbocycles. The average Bonchev–Trinajstić information content (AvgIpc) is 3.49. The number of nitrogen functional groups attached to an aromatic ring is 1. The van der Waals surface area contributed by atoms with Crippen molar-refractivity contribution < 1.29 is 18.9 Å². The largest absolute Gasteiger partial charge is 0.497 e. The number of hydrazone groups is 1. The zero-order valence-electron chi connectivity index (χ0n) is 19.2. The number of nitrogens with zero attached hydrogens (tertiary/aromatic N) is 7. The quantitative estimate of drug-likeness (QED) is 0.268. The van der Waals surface area contributed by atoms with E-state index in [1.165, 1.54) is 18.0 Å². The molecular formula is C22H23N9O4. The number of carbonyl (C=O) groups is 1. The molecule has 4 rings (SSSR count). The minimum atomic E-state index is -0.583. The van der Waals surface area contributed by atoms with Crippen LogP contribution in [0.3, 0.4) is 0 Å². The lowest BCUT2D eigenvalue weighted by atomic mass is 10.2. The van der Waals surface area contributed by atoms with Crippen LogP contribution in [0.15, 0.2) is 58.3 Å². The maximum atomic E-state index is 13.0. The number of ether oxygens (including phenoxy) is 2. The summed E-state index contributed by atoms with van der Waals surface area (Å²) >= 11 is 0. The minimum Gasteiger partial charge on any atom is -0.497 e. The third-order valence-electron chi connectivity index (χ3n) is 5.06. The number of nitrogens with two attached hydrogens (primary N) is 1. The van der Waals surface area contributed by atoms with E-state index in [0.717, 1.165) is 5.69 Å². The zero-order chi connectivity index (χ0) is 24.8. The van der Waals surface area contributed by atoms with Crippen molar-refractivity contribution >= 4 is 23.6 Å². The van der Waals surface area contributed by atoms with E-state index >= 15 is 0 Å². The molecule has 0 atom stereocenters. The van der Waals surface area contributed by atoms with E-state index in [1.54, 1.807) is 25.3 Å². The third kappa shape index (κ3) is 5.03. The fourth-order valence-corrected chi connectivity index (χ4v) is 3.28. The molecule has 13 nitrogen and oxygen atoms in total. The summed E-state index contributed by atoms with van der Waals surface area (Å²) in [5.74, 6) is 0.729. The summed E-state index contributed by atoms with van der Waals surface area (Å²) < 4.78 is 16.6. The van der Waals surface area contributed by atoms with Gasteiger partial charge in [0, 0.05) is 18.3 Å². The normalized spacial score (nSPS) is 10.9. The smallest absolute Gasteiger partial charge is 0.293 e. The van der Waals surface area contributed by atoms with E-state index in [9.17, 15) is 4.79 Å². The fourth-order valence-electron chi connectivity index (χ4n) is 3.28. The molecule has 0 unspecified atom stereocenters. The highest BCUT2D eigenvalue weighted by atomic mass is 16.6. The first kappa shape index (κ1) is 23.2. The minimum absolute atomic E-state index is 0.00798. The van der Waals surface area contributed by atoms with Gasteiger partial charge in [0.25, 0.3) is 5.91 Å². The topological polar surface area (TPSA) is 159 Å². The van der Waals surface area contributed by atoms with Gasteiger partial charge in [-0.3, -0.25) is 4.79 Å². The summed E-state index contributed by atoms with van der Waals surface area (Å²) in [6.45, 7) is 0.249. The van der Waals surface area contributed by atoms with Gasteiger partial charge in [-0.25, -0.2) is 10.1 Å². The maximum Gasteiger partial charge on any atom is 0.293 e. The number of carbonyl (C=O) groups excluding carboxylic acids is 1. The van der Waals surface area contributed by atoms with Crippen LogP contribution in [0.2, 0.25) is 0 Å². The van der Waals surface area contributed by atoms with Gasteiger partial charge in [0.05, 0.1) is 32.7 Å². The molecule has 2 aromatic heterocycles. The van der Waals surface area contributed by atoms with Crippen molar-refractivity contribution in [1.29, 1.82) is 0 Å². The number of nitrogens with one attached hydrogen (secondary N) is 1. The molecule has 13 heteroatoms. The van der Waals surface area contributed by atoms with Gasteiger partial charge in [-0.2, -0.15) is 9.78 Å². The number of methoxy groups -OCH3 is 2. The molecule has 0 fully saturated rings. The number of amides is 1. The molecule has 0 radical (unpaired) electrons. The lowest BCUT2D eigenvalue weighted by molar-refractivity contribution is 0.0949. The average molecular weight is 477 g/mol. The Bertz CT molecular complexity index is 1330. The van der Waals surface area contributed by atoms with E-state index in [-0.39, 0.29) is 23.9 Å². The number of rotatable bonds is 9. The highest BCUT2D eigenvalue weighted by molar-refractivity contribution is 5.94. The predicted molar refractivity (Wildman–Crippen MR) is 127 cm³/mol. The molecule has 1 amide bonds. The van der Waals surface area contributed by atoms with Gasteiger partial charge in [-0.1, -0.05) is 23.4 Å². The Hall–Kier alpha value is -4.94. The summed E-state index contributed by atoms with van der Waals surface area (Å²) in [6, 6.07) is 14.8. The van der Waals surface area contributed by atoms with Gasteiger partial charge in [0.15, 0.2) is 5.69 Å². The first-order valence-electron chi connectivity index (χ1n) is 10.4. The van der Waals surface area contributed by atoms with Crippen molar-refractivity contribution in [3.05, 3.63) is 65.5 Å². The Morgan fingerprint density at radius 1 is 1.20 bits per heavy atom. The molecular weight excluding hydrogens is 454 g/mol. The Kier molecular flexibility index (Phi) is 6.86. The summed E-state index contributed by atoms with van der Waals surface area (Å²) in [5.41, 5.74) is 10.3. The fraction of sp³-hybridized carbons (Fsp3) is 0.182. The zero-order valence-corrected chi connectivity index (χ0v) is 19.2. The standard InChI is InChI=1S/C22H23N9O4/c1-30(15-7-5-4-6-8-15)13-17-19(25-29-31(17)21-20(23)27-35-28-21)22(32)26-24-12-14-11-16(33-2)9-10-18(14)34-3/h4-12H,13H2,1-3H3,(H2,23,27)(H,26,32). The molecule has 0 aliphatic rings. The lowest BCUT2D eigenvalue weighted by Crippen LogP contribution is -2.24. The Morgan fingerprint density at radius 3 is 2.69 bits per heavy atom. The summed E-state index contributed by atoms with van der Waals surface area (Å²) in [4.78, 5) is 14.9. The van der Waals surface area contributed by atoms with E-state index in [4.69, 9.17) is 19.8 Å². The van der Waals surface area contributed by atoms with Crippen LogP contribution in [0.25, 0.3) is 5.82 Å². The molecule has 0 saturated carbocycles. The monoisotopic (exact) mass is 477 g/mol. The molecule has 0 spiro atoms. The number of hydrogen-bond acceptors (Lipinski definition) is 11. The second-order valence-electron chi connectivity index (χ2n) is 7.27. The van der Waals surface area contributed by atoms with Gasteiger partial charge in [0.1, 0.15) is 11.5 Å². The van der Waals surface area contributed by atoms with Crippen molar-refractivity contribution in [2.45, 2.75) is 6.54 Å². The SMILES string of the molecule is COc1ccc(OC)c(C=NNC(=O)c2nnn(-c3nonc3N)c2CN(C)c2ccccc2)c1. The second-order valence-corrected chi connectivity index (χ2v) is 7.27. The van der Waals surface area contributed by atoms with Crippen molar-refractivity contribution in [3.8, 4) is 17.3 Å². The summed E-state index contributed by atoms with van der Waals surface area (Å²) in [7, 11) is 4.96. The second kappa shape index (κ2) is 10.3. The molecule has 3 N–H and O–H groups in total. The van der Waals surface area contributed by atoms with Crippen LogP contribution in [0.5, 0.6) is 11.5 Å². The molecule has 0 aliphatic heterocycles. The Labute approximate surface area is 200 Å². The van der Waals surface area contributed by atoms with Crippen molar-refractivity contribution in [3.63, 3.8) is 0 Å². The first-order valence-corrected chi connectivity index (χ1v) is 10.4. The number of aromatic nitrogens is 5. The number of hydrogen-bond donors (Lipinski definition) is 2. The highest BCUT2D eigenvalue weighted by Crippen LogP contribution is 2.23. The predicted octanol–water partition coefficient (Wildman–Crippen LogP) is 1.65. The van der Waals surface area contributed by atoms with Crippen LogP contribution in [-0.2, 0) is 6.54 Å². The van der Waals surface area contributed by atoms with Gasteiger partial charge in [-0.15, -0.1) is 5.10 Å². The molecule has 0 saturated heterocycles. The van der Waals surface area contributed by atoms with E-state index < -0.39 is 5.91 Å². The number of benzene rings is 2. The lowest BCUT2D eigenvalue weighted by Gasteiger charge is -2.19. The van der Waals surface area contributed by atoms with Crippen LogP contribution >= 0.6 is 0 Å². The van der Waals surface area contributed by atoms with Gasteiger partial charge >= 0.3 is 0 Å². The van der Waals surface area contributed by atoms with Crippen LogP contribution in [-0.4, -0.2) is 58.7 Å². The Morgan fingerprint density at radius 2 is 2.00 bits per heavy atom. The van der Waals surface area contributed by atoms with Crippen LogP contribution < -0.4 is 25.5 Å². The van der Waals surface area contributed by atoms with Crippen LogP contribution in [0.4, 0.5) is 11.5 Å². The highest BCUT2D eigenvalue weighted by Gasteiger charge is 2.25. The van der Waals surface area contributed by atoms with Crippen molar-refractivity contribution in [1.82, 2.24) is 30.7 Å². The molecule has 180 valence electrons. The van der Waals surface area contributed by atoms with Gasteiger partial charge < -0.3 is 20.1 Å². The van der Waals surface area contributed by atoms with E-state index in [1.807, 2.05) is 42.3 Å². The number of anilines is 2.